The molecule has 1 rings (SSSR count). The SMILES string of the molecule is O=C(O)COCC1=CCCC=C1. The Morgan fingerprint density at radius 1 is 1.58 bits per heavy atom. The molecule has 0 heterocycles. The molecule has 0 saturated heterocycles. The van der Waals surface area contributed by atoms with Crippen LogP contribution >= 0.6 is 0 Å². The lowest BCUT2D eigenvalue weighted by atomic mass is 10.1. The van der Waals surface area contributed by atoms with Gasteiger partial charge in [0.2, 0.25) is 0 Å². The Morgan fingerprint density at radius 2 is 2.42 bits per heavy atom. The van der Waals surface area contributed by atoms with Crippen LogP contribution in [-0.2, 0) is 9.53 Å². The van der Waals surface area contributed by atoms with Gasteiger partial charge in [-0.1, -0.05) is 18.2 Å². The topological polar surface area (TPSA) is 46.5 Å². The highest BCUT2D eigenvalue weighted by molar-refractivity contribution is 5.68. The Balaban J connectivity index is 2.18. The number of ether oxygens (including phenoxy) is 1. The third-order valence-corrected chi connectivity index (χ3v) is 1.57. The normalized spacial score (nSPS) is 15.8. The summed E-state index contributed by atoms with van der Waals surface area (Å²) in [5.74, 6) is -0.921. The molecule has 66 valence electrons. The van der Waals surface area contributed by atoms with E-state index in [2.05, 4.69) is 12.2 Å². The molecule has 12 heavy (non-hydrogen) atoms. The number of carbonyl (C=O) groups is 1. The van der Waals surface area contributed by atoms with Gasteiger partial charge in [0.1, 0.15) is 6.61 Å². The third kappa shape index (κ3) is 3.34. The van der Waals surface area contributed by atoms with Crippen LogP contribution in [0, 0.1) is 0 Å². The predicted octanol–water partition coefficient (Wildman–Crippen LogP) is 1.36. The van der Waals surface area contributed by atoms with E-state index in [0.717, 1.165) is 18.4 Å². The summed E-state index contributed by atoms with van der Waals surface area (Å²) in [6, 6.07) is 0. The summed E-state index contributed by atoms with van der Waals surface area (Å²) in [6.45, 7) is 0.188. The molecule has 0 radical (unpaired) electrons. The first-order chi connectivity index (χ1) is 5.79. The van der Waals surface area contributed by atoms with E-state index in [9.17, 15) is 4.79 Å². The van der Waals surface area contributed by atoms with Crippen LogP contribution in [0.3, 0.4) is 0 Å². The molecule has 1 aliphatic rings. The second-order valence-electron chi connectivity index (χ2n) is 2.65. The van der Waals surface area contributed by atoms with Crippen LogP contribution in [-0.4, -0.2) is 24.3 Å². The summed E-state index contributed by atoms with van der Waals surface area (Å²) in [4.78, 5) is 10.1. The average molecular weight is 168 g/mol. The second-order valence-corrected chi connectivity index (χ2v) is 2.65. The molecule has 0 bridgehead atoms. The van der Waals surface area contributed by atoms with Gasteiger partial charge >= 0.3 is 5.97 Å². The molecule has 0 aliphatic heterocycles. The molecule has 1 aliphatic carbocycles. The van der Waals surface area contributed by atoms with Crippen molar-refractivity contribution in [2.24, 2.45) is 0 Å². The molecule has 0 saturated carbocycles. The van der Waals surface area contributed by atoms with Gasteiger partial charge in [0, 0.05) is 0 Å². The molecule has 0 amide bonds. The first-order valence-electron chi connectivity index (χ1n) is 3.94. The van der Waals surface area contributed by atoms with Crippen LogP contribution in [0.2, 0.25) is 0 Å². The monoisotopic (exact) mass is 168 g/mol. The molecule has 0 fully saturated rings. The smallest absolute Gasteiger partial charge is 0.329 e. The van der Waals surface area contributed by atoms with Crippen LogP contribution in [0.1, 0.15) is 12.8 Å². The molecule has 3 heteroatoms. The molecule has 1 N–H and O–H groups in total. The van der Waals surface area contributed by atoms with E-state index < -0.39 is 5.97 Å². The van der Waals surface area contributed by atoms with Crippen molar-refractivity contribution in [2.45, 2.75) is 12.8 Å². The van der Waals surface area contributed by atoms with Crippen molar-refractivity contribution in [3.05, 3.63) is 23.8 Å². The minimum absolute atomic E-state index is 0.217. The number of allylic oxidation sites excluding steroid dienone is 2. The van der Waals surface area contributed by atoms with Crippen LogP contribution < -0.4 is 0 Å². The van der Waals surface area contributed by atoms with Crippen molar-refractivity contribution in [3.8, 4) is 0 Å². The molecule has 0 unspecified atom stereocenters. The number of aliphatic carboxylic acids is 1. The van der Waals surface area contributed by atoms with Crippen LogP contribution in [0.4, 0.5) is 0 Å². The maximum atomic E-state index is 10.1. The molecular weight excluding hydrogens is 156 g/mol. The molecule has 0 aromatic carbocycles. The first-order valence-corrected chi connectivity index (χ1v) is 3.94. The summed E-state index contributed by atoms with van der Waals surface area (Å²) in [5.41, 5.74) is 1.07. The Hall–Kier alpha value is -1.09. The minimum Gasteiger partial charge on any atom is -0.480 e. The Morgan fingerprint density at radius 3 is 3.00 bits per heavy atom. The van der Waals surface area contributed by atoms with Gasteiger partial charge in [-0.15, -0.1) is 0 Å². The first kappa shape index (κ1) is 9.00. The fourth-order valence-corrected chi connectivity index (χ4v) is 1.03. The summed E-state index contributed by atoms with van der Waals surface area (Å²) >= 11 is 0. The Kier molecular flexibility index (Phi) is 3.54. The highest BCUT2D eigenvalue weighted by atomic mass is 16.5. The number of rotatable bonds is 4. The van der Waals surface area contributed by atoms with E-state index >= 15 is 0 Å². The summed E-state index contributed by atoms with van der Waals surface area (Å²) < 4.78 is 4.92. The quantitative estimate of drug-likeness (QED) is 0.689. The molecule has 0 spiro atoms. The average Bonchev–Trinajstić information content (AvgIpc) is 2.05. The number of carboxylic acids is 1. The fraction of sp³-hybridized carbons (Fsp3) is 0.444. The highest BCUT2D eigenvalue weighted by Crippen LogP contribution is 2.09. The molecule has 0 aromatic heterocycles. The van der Waals surface area contributed by atoms with Gasteiger partial charge in [-0.3, -0.25) is 0 Å². The van der Waals surface area contributed by atoms with E-state index in [1.807, 2.05) is 6.08 Å². The van der Waals surface area contributed by atoms with Crippen molar-refractivity contribution in [1.29, 1.82) is 0 Å². The Bertz CT molecular complexity index is 216. The minimum atomic E-state index is -0.921. The molecular formula is C9H12O3. The summed E-state index contributed by atoms with van der Waals surface area (Å²) in [5, 5.41) is 8.28. The van der Waals surface area contributed by atoms with Gasteiger partial charge in [-0.2, -0.15) is 0 Å². The standard InChI is InChI=1S/C9H12O3/c10-9(11)7-12-6-8-4-2-1-3-5-8/h2,4-5H,1,3,6-7H2,(H,10,11). The van der Waals surface area contributed by atoms with Gasteiger partial charge < -0.3 is 9.84 Å². The zero-order valence-electron chi connectivity index (χ0n) is 6.82. The number of hydrogen-bond donors (Lipinski definition) is 1. The van der Waals surface area contributed by atoms with Crippen LogP contribution in [0.15, 0.2) is 23.8 Å². The zero-order chi connectivity index (χ0) is 8.81. The Labute approximate surface area is 71.3 Å². The van der Waals surface area contributed by atoms with Gasteiger partial charge in [-0.05, 0) is 18.4 Å². The second kappa shape index (κ2) is 4.72. The number of hydrogen-bond acceptors (Lipinski definition) is 2. The predicted molar refractivity (Wildman–Crippen MR) is 44.9 cm³/mol. The van der Waals surface area contributed by atoms with E-state index in [4.69, 9.17) is 9.84 Å². The van der Waals surface area contributed by atoms with E-state index in [-0.39, 0.29) is 6.61 Å². The van der Waals surface area contributed by atoms with Crippen molar-refractivity contribution in [2.75, 3.05) is 13.2 Å². The van der Waals surface area contributed by atoms with E-state index in [1.165, 1.54) is 0 Å². The highest BCUT2D eigenvalue weighted by Gasteiger charge is 1.99. The van der Waals surface area contributed by atoms with Crippen LogP contribution in [0.5, 0.6) is 0 Å². The lowest BCUT2D eigenvalue weighted by Crippen LogP contribution is -2.08. The van der Waals surface area contributed by atoms with E-state index in [0.29, 0.717) is 6.61 Å². The van der Waals surface area contributed by atoms with E-state index in [1.54, 1.807) is 0 Å². The summed E-state index contributed by atoms with van der Waals surface area (Å²) in [7, 11) is 0. The lowest BCUT2D eigenvalue weighted by Gasteiger charge is -2.05. The van der Waals surface area contributed by atoms with Gasteiger partial charge in [0.05, 0.1) is 6.61 Å². The van der Waals surface area contributed by atoms with Crippen molar-refractivity contribution >= 4 is 5.97 Å². The molecule has 0 atom stereocenters. The summed E-state index contributed by atoms with van der Waals surface area (Å²) in [6.07, 6.45) is 8.22. The zero-order valence-corrected chi connectivity index (χ0v) is 6.82. The van der Waals surface area contributed by atoms with Crippen molar-refractivity contribution in [1.82, 2.24) is 0 Å². The largest absolute Gasteiger partial charge is 0.480 e. The van der Waals surface area contributed by atoms with Crippen molar-refractivity contribution < 1.29 is 14.6 Å². The molecule has 3 nitrogen and oxygen atoms in total. The van der Waals surface area contributed by atoms with Gasteiger partial charge in [0.15, 0.2) is 0 Å². The maximum Gasteiger partial charge on any atom is 0.329 e. The lowest BCUT2D eigenvalue weighted by molar-refractivity contribution is -0.141. The maximum absolute atomic E-state index is 10.1. The van der Waals surface area contributed by atoms with Crippen LogP contribution in [0.25, 0.3) is 0 Å². The molecule has 0 aromatic rings. The van der Waals surface area contributed by atoms with Gasteiger partial charge in [-0.25, -0.2) is 4.79 Å². The van der Waals surface area contributed by atoms with Crippen molar-refractivity contribution in [3.63, 3.8) is 0 Å². The fourth-order valence-electron chi connectivity index (χ4n) is 1.03. The number of carboxylic acid groups (broad SMARTS) is 1. The van der Waals surface area contributed by atoms with Gasteiger partial charge in [0.25, 0.3) is 0 Å². The third-order valence-electron chi connectivity index (χ3n) is 1.57.